The second kappa shape index (κ2) is 11.2. The standard InChI is InChI=1S/C19H33NO4/c1-15(16(2)21)10-8-6-4-5-7-9-13-24-19(23)20-12-11-18(14-20)17(3)22/h15,18H,4-14H2,1-3H3. The number of nitrogens with zero attached hydrogens (tertiary/aromatic N) is 1. The smallest absolute Gasteiger partial charge is 0.409 e. The monoisotopic (exact) mass is 339 g/mol. The molecule has 0 aromatic carbocycles. The lowest BCUT2D eigenvalue weighted by Gasteiger charge is -2.15. The van der Waals surface area contributed by atoms with Gasteiger partial charge in [-0.2, -0.15) is 0 Å². The molecular weight excluding hydrogens is 306 g/mol. The van der Waals surface area contributed by atoms with Gasteiger partial charge in [-0.15, -0.1) is 0 Å². The van der Waals surface area contributed by atoms with Crippen molar-refractivity contribution in [1.82, 2.24) is 4.90 Å². The normalized spacial score (nSPS) is 18.5. The van der Waals surface area contributed by atoms with Gasteiger partial charge in [0.2, 0.25) is 0 Å². The maximum atomic E-state index is 11.9. The van der Waals surface area contributed by atoms with Gasteiger partial charge >= 0.3 is 6.09 Å². The molecule has 0 aliphatic carbocycles. The number of unbranched alkanes of at least 4 members (excludes halogenated alkanes) is 5. The summed E-state index contributed by atoms with van der Waals surface area (Å²) >= 11 is 0. The van der Waals surface area contributed by atoms with Gasteiger partial charge in [-0.05, 0) is 33.1 Å². The van der Waals surface area contributed by atoms with E-state index >= 15 is 0 Å². The molecule has 1 saturated heterocycles. The second-order valence-electron chi connectivity index (χ2n) is 7.08. The molecule has 2 unspecified atom stereocenters. The van der Waals surface area contributed by atoms with Gasteiger partial charge in [0, 0.05) is 24.9 Å². The minimum absolute atomic E-state index is 0.0109. The average Bonchev–Trinajstić information content (AvgIpc) is 3.03. The molecule has 2 atom stereocenters. The first-order chi connectivity index (χ1) is 11.4. The van der Waals surface area contributed by atoms with E-state index in [0.29, 0.717) is 19.7 Å². The van der Waals surface area contributed by atoms with Crippen molar-refractivity contribution in [3.63, 3.8) is 0 Å². The number of carbonyl (C=O) groups excluding carboxylic acids is 3. The molecule has 138 valence electrons. The Hall–Kier alpha value is -1.39. The van der Waals surface area contributed by atoms with Gasteiger partial charge < -0.3 is 9.64 Å². The third-order valence-corrected chi connectivity index (χ3v) is 4.97. The lowest BCUT2D eigenvalue weighted by molar-refractivity contribution is -0.121. The Balaban J connectivity index is 1.94. The van der Waals surface area contributed by atoms with Crippen LogP contribution in [0.4, 0.5) is 4.79 Å². The maximum absolute atomic E-state index is 11.9. The zero-order valence-corrected chi connectivity index (χ0v) is 15.5. The molecule has 1 amide bonds. The number of hydrogen-bond acceptors (Lipinski definition) is 4. The van der Waals surface area contributed by atoms with E-state index in [4.69, 9.17) is 4.74 Å². The van der Waals surface area contributed by atoms with E-state index in [1.54, 1.807) is 18.7 Å². The molecule has 1 rings (SSSR count). The molecule has 0 aromatic heterocycles. The van der Waals surface area contributed by atoms with E-state index in [1.807, 2.05) is 6.92 Å². The molecule has 1 fully saturated rings. The Morgan fingerprint density at radius 1 is 1.04 bits per heavy atom. The van der Waals surface area contributed by atoms with Crippen LogP contribution < -0.4 is 0 Å². The van der Waals surface area contributed by atoms with Crippen LogP contribution >= 0.6 is 0 Å². The molecule has 0 saturated carbocycles. The summed E-state index contributed by atoms with van der Waals surface area (Å²) in [5.41, 5.74) is 0. The molecule has 24 heavy (non-hydrogen) atoms. The fourth-order valence-electron chi connectivity index (χ4n) is 2.97. The van der Waals surface area contributed by atoms with Crippen LogP contribution in [0.5, 0.6) is 0 Å². The average molecular weight is 339 g/mol. The first-order valence-corrected chi connectivity index (χ1v) is 9.34. The Labute approximate surface area is 146 Å². The fraction of sp³-hybridized carbons (Fsp3) is 0.842. The van der Waals surface area contributed by atoms with Crippen molar-refractivity contribution >= 4 is 17.7 Å². The Kier molecular flexibility index (Phi) is 9.65. The number of carbonyl (C=O) groups is 3. The molecule has 1 heterocycles. The molecule has 1 aliphatic heterocycles. The molecule has 1 aliphatic rings. The highest BCUT2D eigenvalue weighted by Gasteiger charge is 2.29. The van der Waals surface area contributed by atoms with Crippen LogP contribution in [0.15, 0.2) is 0 Å². The number of ketones is 2. The second-order valence-corrected chi connectivity index (χ2v) is 7.08. The molecule has 5 nitrogen and oxygen atoms in total. The predicted molar refractivity (Wildman–Crippen MR) is 93.9 cm³/mol. The van der Waals surface area contributed by atoms with E-state index in [9.17, 15) is 14.4 Å². The zero-order valence-electron chi connectivity index (χ0n) is 15.5. The summed E-state index contributed by atoms with van der Waals surface area (Å²) in [6, 6.07) is 0. The fourth-order valence-corrected chi connectivity index (χ4v) is 2.97. The number of ether oxygens (including phenoxy) is 1. The van der Waals surface area contributed by atoms with Crippen molar-refractivity contribution in [2.75, 3.05) is 19.7 Å². The molecule has 0 aromatic rings. The SMILES string of the molecule is CC(=O)C(C)CCCCCCCCOC(=O)N1CCC(C(C)=O)C1. The van der Waals surface area contributed by atoms with Crippen LogP contribution in [-0.4, -0.2) is 42.3 Å². The highest BCUT2D eigenvalue weighted by molar-refractivity contribution is 5.80. The summed E-state index contributed by atoms with van der Waals surface area (Å²) in [6.07, 6.45) is 8.01. The third-order valence-electron chi connectivity index (χ3n) is 4.97. The van der Waals surface area contributed by atoms with Crippen LogP contribution in [0.3, 0.4) is 0 Å². The minimum atomic E-state index is -0.281. The number of Topliss-reactive ketones (excluding diaryl/α,β-unsaturated/α-hetero) is 2. The molecule has 0 N–H and O–H groups in total. The molecule has 0 bridgehead atoms. The summed E-state index contributed by atoms with van der Waals surface area (Å²) in [6.45, 7) is 6.83. The first-order valence-electron chi connectivity index (χ1n) is 9.34. The van der Waals surface area contributed by atoms with Crippen molar-refractivity contribution in [2.24, 2.45) is 11.8 Å². The van der Waals surface area contributed by atoms with Crippen molar-refractivity contribution < 1.29 is 19.1 Å². The highest BCUT2D eigenvalue weighted by Crippen LogP contribution is 2.18. The zero-order chi connectivity index (χ0) is 17.9. The van der Waals surface area contributed by atoms with Crippen LogP contribution in [0, 0.1) is 11.8 Å². The van der Waals surface area contributed by atoms with Gasteiger partial charge in [-0.1, -0.05) is 39.0 Å². The Bertz CT molecular complexity index is 422. The van der Waals surface area contributed by atoms with Crippen molar-refractivity contribution in [3.05, 3.63) is 0 Å². The quantitative estimate of drug-likeness (QED) is 0.534. The third kappa shape index (κ3) is 7.93. The van der Waals surface area contributed by atoms with E-state index < -0.39 is 0 Å². The largest absolute Gasteiger partial charge is 0.449 e. The van der Waals surface area contributed by atoms with Crippen LogP contribution in [0.2, 0.25) is 0 Å². The summed E-state index contributed by atoms with van der Waals surface area (Å²) in [5, 5.41) is 0. The van der Waals surface area contributed by atoms with Crippen LogP contribution in [-0.2, 0) is 14.3 Å². The van der Waals surface area contributed by atoms with Crippen molar-refractivity contribution in [2.45, 2.75) is 72.1 Å². The van der Waals surface area contributed by atoms with Crippen LogP contribution in [0.25, 0.3) is 0 Å². The minimum Gasteiger partial charge on any atom is -0.449 e. The summed E-state index contributed by atoms with van der Waals surface area (Å²) < 4.78 is 5.28. The molecule has 5 heteroatoms. The van der Waals surface area contributed by atoms with Gasteiger partial charge in [0.1, 0.15) is 11.6 Å². The molecule has 0 radical (unpaired) electrons. The molecular formula is C19H33NO4. The van der Waals surface area contributed by atoms with E-state index in [0.717, 1.165) is 44.9 Å². The van der Waals surface area contributed by atoms with Gasteiger partial charge in [-0.25, -0.2) is 4.79 Å². The van der Waals surface area contributed by atoms with E-state index in [-0.39, 0.29) is 29.5 Å². The molecule has 0 spiro atoms. The summed E-state index contributed by atoms with van der Waals surface area (Å²) in [4.78, 5) is 35.9. The van der Waals surface area contributed by atoms with Gasteiger partial charge in [-0.3, -0.25) is 9.59 Å². The van der Waals surface area contributed by atoms with Crippen LogP contribution in [0.1, 0.15) is 72.1 Å². The lowest BCUT2D eigenvalue weighted by atomic mass is 9.99. The van der Waals surface area contributed by atoms with Gasteiger partial charge in [0.05, 0.1) is 6.61 Å². The van der Waals surface area contributed by atoms with Gasteiger partial charge in [0.25, 0.3) is 0 Å². The first kappa shape index (κ1) is 20.7. The number of likely N-dealkylation sites (tertiary alicyclic amines) is 1. The van der Waals surface area contributed by atoms with Crippen molar-refractivity contribution in [1.29, 1.82) is 0 Å². The maximum Gasteiger partial charge on any atom is 0.409 e. The highest BCUT2D eigenvalue weighted by atomic mass is 16.6. The predicted octanol–water partition coefficient (Wildman–Crippen LogP) is 3.99. The summed E-state index contributed by atoms with van der Waals surface area (Å²) in [5.74, 6) is 0.619. The van der Waals surface area contributed by atoms with Gasteiger partial charge in [0.15, 0.2) is 0 Å². The number of rotatable bonds is 11. The number of hydrogen-bond donors (Lipinski definition) is 0. The number of amides is 1. The lowest BCUT2D eigenvalue weighted by Crippen LogP contribution is -2.30. The Morgan fingerprint density at radius 2 is 1.67 bits per heavy atom. The Morgan fingerprint density at radius 3 is 2.25 bits per heavy atom. The van der Waals surface area contributed by atoms with Crippen molar-refractivity contribution in [3.8, 4) is 0 Å². The van der Waals surface area contributed by atoms with E-state index in [2.05, 4.69) is 0 Å². The van der Waals surface area contributed by atoms with E-state index in [1.165, 1.54) is 6.42 Å². The summed E-state index contributed by atoms with van der Waals surface area (Å²) in [7, 11) is 0. The topological polar surface area (TPSA) is 63.7 Å².